The second-order valence-electron chi connectivity index (χ2n) is 6.22. The van der Waals surface area contributed by atoms with Gasteiger partial charge in [0, 0.05) is 11.6 Å². The summed E-state index contributed by atoms with van der Waals surface area (Å²) in [6.07, 6.45) is 9.15. The molecule has 100 valence electrons. The van der Waals surface area contributed by atoms with Crippen molar-refractivity contribution < 1.29 is 4.79 Å². The Bertz CT molecular complexity index is 225. The standard InChI is InChI=1S/C14H28N2O/c1-14(2,3)16-13(17)11-15-12-9-7-5-4-6-8-10-12/h12,15H,4-11H2,1-3H3,(H,16,17). The number of rotatable bonds is 3. The van der Waals surface area contributed by atoms with E-state index < -0.39 is 0 Å². The van der Waals surface area contributed by atoms with E-state index in [1.807, 2.05) is 20.8 Å². The number of amides is 1. The molecule has 0 bridgehead atoms. The molecule has 3 heteroatoms. The molecule has 1 rings (SSSR count). The van der Waals surface area contributed by atoms with E-state index in [4.69, 9.17) is 0 Å². The molecular weight excluding hydrogens is 212 g/mol. The molecule has 3 nitrogen and oxygen atoms in total. The number of nitrogens with one attached hydrogen (secondary N) is 2. The summed E-state index contributed by atoms with van der Waals surface area (Å²) < 4.78 is 0. The Morgan fingerprint density at radius 3 is 2.12 bits per heavy atom. The molecule has 0 aromatic heterocycles. The van der Waals surface area contributed by atoms with Gasteiger partial charge in [0.05, 0.1) is 6.54 Å². The predicted octanol–water partition coefficient (Wildman–Crippen LogP) is 2.60. The molecule has 0 spiro atoms. The maximum Gasteiger partial charge on any atom is 0.234 e. The molecule has 1 aliphatic carbocycles. The molecule has 0 aromatic rings. The summed E-state index contributed by atoms with van der Waals surface area (Å²) in [7, 11) is 0. The van der Waals surface area contributed by atoms with Gasteiger partial charge in [-0.2, -0.15) is 0 Å². The van der Waals surface area contributed by atoms with E-state index >= 15 is 0 Å². The first-order chi connectivity index (χ1) is 7.97. The van der Waals surface area contributed by atoms with E-state index in [1.54, 1.807) is 0 Å². The highest BCUT2D eigenvalue weighted by atomic mass is 16.2. The minimum Gasteiger partial charge on any atom is -0.350 e. The van der Waals surface area contributed by atoms with Crippen LogP contribution in [0.5, 0.6) is 0 Å². The molecule has 2 N–H and O–H groups in total. The van der Waals surface area contributed by atoms with Gasteiger partial charge in [-0.3, -0.25) is 4.79 Å². The van der Waals surface area contributed by atoms with Crippen LogP contribution in [-0.2, 0) is 4.79 Å². The molecule has 1 saturated carbocycles. The first kappa shape index (κ1) is 14.5. The van der Waals surface area contributed by atoms with Gasteiger partial charge in [0.1, 0.15) is 0 Å². The lowest BCUT2D eigenvalue weighted by Gasteiger charge is -2.24. The van der Waals surface area contributed by atoms with Crippen LogP contribution in [0.2, 0.25) is 0 Å². The minimum absolute atomic E-state index is 0.111. The van der Waals surface area contributed by atoms with Gasteiger partial charge < -0.3 is 10.6 Å². The Hall–Kier alpha value is -0.570. The lowest BCUT2D eigenvalue weighted by molar-refractivity contribution is -0.121. The zero-order valence-corrected chi connectivity index (χ0v) is 11.6. The topological polar surface area (TPSA) is 41.1 Å². The summed E-state index contributed by atoms with van der Waals surface area (Å²) >= 11 is 0. The molecule has 1 amide bonds. The van der Waals surface area contributed by atoms with Crippen molar-refractivity contribution in [1.29, 1.82) is 0 Å². The summed E-state index contributed by atoms with van der Waals surface area (Å²) in [4.78, 5) is 11.7. The van der Waals surface area contributed by atoms with Crippen molar-refractivity contribution in [2.75, 3.05) is 6.54 Å². The number of carbonyl (C=O) groups excluding carboxylic acids is 1. The van der Waals surface area contributed by atoms with Crippen molar-refractivity contribution in [3.63, 3.8) is 0 Å². The summed E-state index contributed by atoms with van der Waals surface area (Å²) in [5.74, 6) is 0.111. The van der Waals surface area contributed by atoms with Crippen molar-refractivity contribution in [1.82, 2.24) is 10.6 Å². The summed E-state index contributed by atoms with van der Waals surface area (Å²) in [5.41, 5.74) is -0.125. The Labute approximate surface area is 106 Å². The maximum atomic E-state index is 11.7. The van der Waals surface area contributed by atoms with Crippen LogP contribution < -0.4 is 10.6 Å². The van der Waals surface area contributed by atoms with Gasteiger partial charge in [-0.15, -0.1) is 0 Å². The summed E-state index contributed by atoms with van der Waals surface area (Å²) in [5, 5.41) is 6.38. The zero-order valence-electron chi connectivity index (χ0n) is 11.6. The van der Waals surface area contributed by atoms with Crippen molar-refractivity contribution in [3.05, 3.63) is 0 Å². The van der Waals surface area contributed by atoms with Crippen LogP contribution in [0, 0.1) is 0 Å². The van der Waals surface area contributed by atoms with Gasteiger partial charge in [-0.1, -0.05) is 32.1 Å². The fraction of sp³-hybridized carbons (Fsp3) is 0.929. The second kappa shape index (κ2) is 7.00. The Morgan fingerprint density at radius 1 is 1.06 bits per heavy atom. The van der Waals surface area contributed by atoms with E-state index in [-0.39, 0.29) is 11.4 Å². The van der Waals surface area contributed by atoms with Crippen LogP contribution in [0.1, 0.15) is 65.7 Å². The summed E-state index contributed by atoms with van der Waals surface area (Å²) in [6.45, 7) is 6.50. The van der Waals surface area contributed by atoms with Gasteiger partial charge in [0.15, 0.2) is 0 Å². The van der Waals surface area contributed by atoms with E-state index in [0.29, 0.717) is 12.6 Å². The molecule has 0 atom stereocenters. The molecule has 0 unspecified atom stereocenters. The molecule has 17 heavy (non-hydrogen) atoms. The smallest absolute Gasteiger partial charge is 0.234 e. The zero-order chi connectivity index (χ0) is 12.7. The molecule has 0 saturated heterocycles. The maximum absolute atomic E-state index is 11.7. The van der Waals surface area contributed by atoms with Crippen LogP contribution in [-0.4, -0.2) is 24.0 Å². The Kier molecular flexibility index (Phi) is 5.96. The highest BCUT2D eigenvalue weighted by molar-refractivity contribution is 5.78. The van der Waals surface area contributed by atoms with Crippen molar-refractivity contribution >= 4 is 5.91 Å². The first-order valence-corrected chi connectivity index (χ1v) is 7.02. The van der Waals surface area contributed by atoms with E-state index in [0.717, 1.165) is 0 Å². The first-order valence-electron chi connectivity index (χ1n) is 7.02. The van der Waals surface area contributed by atoms with Crippen molar-refractivity contribution in [2.24, 2.45) is 0 Å². The predicted molar refractivity (Wildman–Crippen MR) is 72.0 cm³/mol. The van der Waals surface area contributed by atoms with Crippen molar-refractivity contribution in [3.8, 4) is 0 Å². The Balaban J connectivity index is 2.21. The summed E-state index contributed by atoms with van der Waals surface area (Å²) in [6, 6.07) is 0.543. The quantitative estimate of drug-likeness (QED) is 0.796. The van der Waals surface area contributed by atoms with E-state index in [9.17, 15) is 4.79 Å². The van der Waals surface area contributed by atoms with Gasteiger partial charge in [0.25, 0.3) is 0 Å². The third-order valence-corrected chi connectivity index (χ3v) is 3.17. The molecule has 0 radical (unpaired) electrons. The van der Waals surface area contributed by atoms with Crippen LogP contribution in [0.3, 0.4) is 0 Å². The van der Waals surface area contributed by atoms with Crippen LogP contribution >= 0.6 is 0 Å². The highest BCUT2D eigenvalue weighted by Crippen LogP contribution is 2.16. The van der Waals surface area contributed by atoms with E-state index in [1.165, 1.54) is 44.9 Å². The second-order valence-corrected chi connectivity index (χ2v) is 6.22. The highest BCUT2D eigenvalue weighted by Gasteiger charge is 2.15. The van der Waals surface area contributed by atoms with Crippen LogP contribution in [0.4, 0.5) is 0 Å². The van der Waals surface area contributed by atoms with Gasteiger partial charge in [-0.25, -0.2) is 0 Å². The average Bonchev–Trinajstić information content (AvgIpc) is 2.13. The molecule has 0 aromatic carbocycles. The van der Waals surface area contributed by atoms with Gasteiger partial charge >= 0.3 is 0 Å². The SMILES string of the molecule is CC(C)(C)NC(=O)CNC1CCCCCCC1. The Morgan fingerprint density at radius 2 is 1.59 bits per heavy atom. The average molecular weight is 240 g/mol. The van der Waals surface area contributed by atoms with E-state index in [2.05, 4.69) is 10.6 Å². The van der Waals surface area contributed by atoms with Gasteiger partial charge in [-0.05, 0) is 33.6 Å². The third-order valence-electron chi connectivity index (χ3n) is 3.17. The lowest BCUT2D eigenvalue weighted by Crippen LogP contribution is -2.46. The largest absolute Gasteiger partial charge is 0.350 e. The third kappa shape index (κ3) is 7.37. The fourth-order valence-electron chi connectivity index (χ4n) is 2.36. The molecular formula is C14H28N2O. The van der Waals surface area contributed by atoms with Crippen LogP contribution in [0.25, 0.3) is 0 Å². The van der Waals surface area contributed by atoms with Crippen molar-refractivity contribution in [2.45, 2.75) is 77.3 Å². The normalized spacial score (nSPS) is 19.5. The molecule has 1 fully saturated rings. The molecule has 1 aliphatic rings. The monoisotopic (exact) mass is 240 g/mol. The number of carbonyl (C=O) groups is 1. The molecule has 0 aliphatic heterocycles. The number of hydrogen-bond donors (Lipinski definition) is 2. The van der Waals surface area contributed by atoms with Gasteiger partial charge in [0.2, 0.25) is 5.91 Å². The lowest BCUT2D eigenvalue weighted by atomic mass is 9.97. The van der Waals surface area contributed by atoms with Crippen LogP contribution in [0.15, 0.2) is 0 Å². The minimum atomic E-state index is -0.125. The fourth-order valence-corrected chi connectivity index (χ4v) is 2.36. The molecule has 0 heterocycles. The number of hydrogen-bond acceptors (Lipinski definition) is 2.